The fourth-order valence-corrected chi connectivity index (χ4v) is 2.82. The van der Waals surface area contributed by atoms with E-state index in [1.54, 1.807) is 30.3 Å². The van der Waals surface area contributed by atoms with Crippen molar-refractivity contribution >= 4 is 5.97 Å². The smallest absolute Gasteiger partial charge is 0.308 e. The van der Waals surface area contributed by atoms with E-state index in [0.29, 0.717) is 17.9 Å². The van der Waals surface area contributed by atoms with Gasteiger partial charge in [0.25, 0.3) is 0 Å². The van der Waals surface area contributed by atoms with E-state index in [4.69, 9.17) is 4.74 Å². The summed E-state index contributed by atoms with van der Waals surface area (Å²) in [5.41, 5.74) is 1.46. The molecule has 0 bridgehead atoms. The Morgan fingerprint density at radius 2 is 1.88 bits per heavy atom. The predicted octanol–water partition coefficient (Wildman–Crippen LogP) is 3.79. The third kappa shape index (κ3) is 6.24. The van der Waals surface area contributed by atoms with E-state index in [1.165, 1.54) is 13.0 Å². The summed E-state index contributed by atoms with van der Waals surface area (Å²) in [6.07, 6.45) is 1.80. The number of esters is 1. The van der Waals surface area contributed by atoms with Crippen molar-refractivity contribution < 1.29 is 19.0 Å². The standard InChI is InChI=1S/C21H26FNO3/c1-3-17(23-14-21(25)19-6-4-5-7-20(19)22)11-8-16-9-12-18(13-10-16)26-15(2)24/h4-7,9-10,12-13,17,21,23,25H,3,8,11,14H2,1-2H3. The van der Waals surface area contributed by atoms with Crippen LogP contribution in [0.1, 0.15) is 43.9 Å². The Bertz CT molecular complexity index is 703. The minimum atomic E-state index is -0.867. The summed E-state index contributed by atoms with van der Waals surface area (Å²) in [5.74, 6) is -0.177. The molecule has 26 heavy (non-hydrogen) atoms. The Morgan fingerprint density at radius 3 is 2.50 bits per heavy atom. The minimum absolute atomic E-state index is 0.226. The molecule has 2 atom stereocenters. The highest BCUT2D eigenvalue weighted by Gasteiger charge is 2.14. The molecule has 0 saturated carbocycles. The van der Waals surface area contributed by atoms with E-state index in [2.05, 4.69) is 12.2 Å². The zero-order chi connectivity index (χ0) is 18.9. The maximum Gasteiger partial charge on any atom is 0.308 e. The molecule has 140 valence electrons. The van der Waals surface area contributed by atoms with Gasteiger partial charge in [-0.3, -0.25) is 4.79 Å². The lowest BCUT2D eigenvalue weighted by atomic mass is 10.0. The predicted molar refractivity (Wildman–Crippen MR) is 99.5 cm³/mol. The highest BCUT2D eigenvalue weighted by atomic mass is 19.1. The van der Waals surface area contributed by atoms with Crippen molar-refractivity contribution in [2.45, 2.75) is 45.3 Å². The zero-order valence-electron chi connectivity index (χ0n) is 15.2. The lowest BCUT2D eigenvalue weighted by molar-refractivity contribution is -0.131. The quantitative estimate of drug-likeness (QED) is 0.528. The fourth-order valence-electron chi connectivity index (χ4n) is 2.82. The molecule has 2 rings (SSSR count). The first kappa shape index (κ1) is 20.1. The van der Waals surface area contributed by atoms with Gasteiger partial charge in [-0.1, -0.05) is 37.3 Å². The van der Waals surface area contributed by atoms with Gasteiger partial charge in [-0.15, -0.1) is 0 Å². The van der Waals surface area contributed by atoms with E-state index in [9.17, 15) is 14.3 Å². The van der Waals surface area contributed by atoms with Crippen LogP contribution in [0.15, 0.2) is 48.5 Å². The molecule has 2 unspecified atom stereocenters. The summed E-state index contributed by atoms with van der Waals surface area (Å²) in [5, 5.41) is 13.5. The number of carbonyl (C=O) groups excluding carboxylic acids is 1. The molecular weight excluding hydrogens is 333 g/mol. The first-order valence-electron chi connectivity index (χ1n) is 8.92. The van der Waals surface area contributed by atoms with Crippen molar-refractivity contribution in [1.29, 1.82) is 0 Å². The van der Waals surface area contributed by atoms with Gasteiger partial charge in [-0.25, -0.2) is 4.39 Å². The number of carbonyl (C=O) groups is 1. The van der Waals surface area contributed by atoms with Gasteiger partial charge in [0.05, 0.1) is 6.10 Å². The molecule has 0 aromatic heterocycles. The van der Waals surface area contributed by atoms with Gasteiger partial charge in [0.2, 0.25) is 0 Å². The van der Waals surface area contributed by atoms with Crippen LogP contribution in [-0.4, -0.2) is 23.7 Å². The van der Waals surface area contributed by atoms with Crippen molar-refractivity contribution in [3.8, 4) is 5.75 Å². The van der Waals surface area contributed by atoms with Gasteiger partial charge in [0, 0.05) is 25.1 Å². The van der Waals surface area contributed by atoms with Gasteiger partial charge >= 0.3 is 5.97 Å². The zero-order valence-corrected chi connectivity index (χ0v) is 15.2. The van der Waals surface area contributed by atoms with Crippen LogP contribution in [0.2, 0.25) is 0 Å². The molecule has 2 aromatic carbocycles. The normalized spacial score (nSPS) is 13.2. The van der Waals surface area contributed by atoms with Crippen molar-refractivity contribution in [3.05, 3.63) is 65.5 Å². The average Bonchev–Trinajstić information content (AvgIpc) is 2.63. The average molecular weight is 359 g/mol. The Kier molecular flexibility index (Phi) is 7.75. The van der Waals surface area contributed by atoms with Gasteiger partial charge in [-0.2, -0.15) is 0 Å². The van der Waals surface area contributed by atoms with Crippen molar-refractivity contribution in [1.82, 2.24) is 5.32 Å². The Hall–Kier alpha value is -2.24. The minimum Gasteiger partial charge on any atom is -0.427 e. The molecule has 0 amide bonds. The van der Waals surface area contributed by atoms with Crippen LogP contribution < -0.4 is 10.1 Å². The lowest BCUT2D eigenvalue weighted by Gasteiger charge is -2.20. The van der Waals surface area contributed by atoms with Crippen LogP contribution in [-0.2, 0) is 11.2 Å². The van der Waals surface area contributed by atoms with Crippen molar-refractivity contribution in [3.63, 3.8) is 0 Å². The molecule has 0 saturated heterocycles. The third-order valence-corrected chi connectivity index (χ3v) is 4.32. The van der Waals surface area contributed by atoms with Gasteiger partial charge in [-0.05, 0) is 43.0 Å². The van der Waals surface area contributed by atoms with Crippen LogP contribution in [0.5, 0.6) is 5.75 Å². The van der Waals surface area contributed by atoms with E-state index < -0.39 is 6.10 Å². The Labute approximate surface area is 154 Å². The molecule has 0 fully saturated rings. The summed E-state index contributed by atoms with van der Waals surface area (Å²) >= 11 is 0. The van der Waals surface area contributed by atoms with Crippen LogP contribution >= 0.6 is 0 Å². The number of nitrogens with one attached hydrogen (secondary N) is 1. The second-order valence-corrected chi connectivity index (χ2v) is 6.33. The Balaban J connectivity index is 1.82. The number of aryl methyl sites for hydroxylation is 1. The summed E-state index contributed by atoms with van der Waals surface area (Å²) < 4.78 is 18.7. The van der Waals surface area contributed by atoms with E-state index in [-0.39, 0.29) is 17.8 Å². The van der Waals surface area contributed by atoms with Gasteiger partial charge in [0.15, 0.2) is 0 Å². The first-order valence-corrected chi connectivity index (χ1v) is 8.92. The fraction of sp³-hybridized carbons (Fsp3) is 0.381. The maximum atomic E-state index is 13.7. The number of benzene rings is 2. The van der Waals surface area contributed by atoms with Crippen molar-refractivity contribution in [2.75, 3.05) is 6.54 Å². The summed E-state index contributed by atoms with van der Waals surface area (Å²) in [4.78, 5) is 10.9. The van der Waals surface area contributed by atoms with Crippen LogP contribution in [0.3, 0.4) is 0 Å². The summed E-state index contributed by atoms with van der Waals surface area (Å²) in [7, 11) is 0. The molecule has 4 nitrogen and oxygen atoms in total. The number of halogens is 1. The van der Waals surface area contributed by atoms with Crippen molar-refractivity contribution in [2.24, 2.45) is 0 Å². The van der Waals surface area contributed by atoms with Gasteiger partial charge in [0.1, 0.15) is 11.6 Å². The molecule has 0 aliphatic heterocycles. The van der Waals surface area contributed by atoms with E-state index in [0.717, 1.165) is 24.8 Å². The molecule has 5 heteroatoms. The highest BCUT2D eigenvalue weighted by molar-refractivity contribution is 5.69. The topological polar surface area (TPSA) is 58.6 Å². The molecule has 0 radical (unpaired) electrons. The van der Waals surface area contributed by atoms with E-state index >= 15 is 0 Å². The molecule has 2 N–H and O–H groups in total. The largest absolute Gasteiger partial charge is 0.427 e. The second kappa shape index (κ2) is 10.0. The molecule has 0 heterocycles. The van der Waals surface area contributed by atoms with Crippen LogP contribution in [0.4, 0.5) is 4.39 Å². The first-order chi connectivity index (χ1) is 12.5. The number of ether oxygens (including phenoxy) is 1. The SMILES string of the molecule is CCC(CCc1ccc(OC(C)=O)cc1)NCC(O)c1ccccc1F. The number of aliphatic hydroxyl groups is 1. The number of hydrogen-bond acceptors (Lipinski definition) is 4. The van der Waals surface area contributed by atoms with Crippen LogP contribution in [0.25, 0.3) is 0 Å². The third-order valence-electron chi connectivity index (χ3n) is 4.32. The second-order valence-electron chi connectivity index (χ2n) is 6.33. The summed E-state index contributed by atoms with van der Waals surface area (Å²) in [6.45, 7) is 3.77. The molecule has 0 aliphatic carbocycles. The van der Waals surface area contributed by atoms with Gasteiger partial charge < -0.3 is 15.2 Å². The van der Waals surface area contributed by atoms with E-state index in [1.807, 2.05) is 12.1 Å². The number of hydrogen-bond donors (Lipinski definition) is 2. The summed E-state index contributed by atoms with van der Waals surface area (Å²) in [6, 6.07) is 14.0. The highest BCUT2D eigenvalue weighted by Crippen LogP contribution is 2.17. The number of rotatable bonds is 9. The molecule has 2 aromatic rings. The Morgan fingerprint density at radius 1 is 1.19 bits per heavy atom. The maximum absolute atomic E-state index is 13.7. The van der Waals surface area contributed by atoms with Crippen LogP contribution in [0, 0.1) is 5.82 Å². The molecule has 0 aliphatic rings. The molecular formula is C21H26FNO3. The number of aliphatic hydroxyl groups excluding tert-OH is 1. The monoisotopic (exact) mass is 359 g/mol. The molecule has 0 spiro atoms. The lowest BCUT2D eigenvalue weighted by Crippen LogP contribution is -2.33.